The van der Waals surface area contributed by atoms with Gasteiger partial charge in [-0.05, 0) is 60.4 Å². The minimum Gasteiger partial charge on any atom is -0.377 e. The molecule has 3 rings (SSSR count). The third-order valence-electron chi connectivity index (χ3n) is 3.94. The zero-order valence-electron chi connectivity index (χ0n) is 9.53. The Morgan fingerprint density at radius 2 is 2.25 bits per heavy atom. The van der Waals surface area contributed by atoms with E-state index in [9.17, 15) is 4.79 Å². The van der Waals surface area contributed by atoms with Gasteiger partial charge >= 0.3 is 0 Å². The summed E-state index contributed by atoms with van der Waals surface area (Å²) in [5.74, 6) is 0.621. The number of aryl methyl sites for hydroxylation is 1. The molecule has 2 atom stereocenters. The molecule has 1 aromatic carbocycles. The summed E-state index contributed by atoms with van der Waals surface area (Å²) in [5, 5.41) is 0. The SMILES string of the molecule is CO[C@@H]1C[C@@H]2CCCc3cc(=O)ccc1c32. The zero-order valence-corrected chi connectivity index (χ0v) is 9.53. The lowest BCUT2D eigenvalue weighted by Crippen LogP contribution is -2.07. The molecule has 0 unspecified atom stereocenters. The van der Waals surface area contributed by atoms with Gasteiger partial charge in [-0.3, -0.25) is 4.79 Å². The normalized spacial score (nSPS) is 26.6. The second-order valence-electron chi connectivity index (χ2n) is 4.82. The first-order chi connectivity index (χ1) is 7.79. The Morgan fingerprint density at radius 1 is 1.38 bits per heavy atom. The Morgan fingerprint density at radius 3 is 3.06 bits per heavy atom. The van der Waals surface area contributed by atoms with E-state index in [1.54, 1.807) is 13.2 Å². The van der Waals surface area contributed by atoms with Gasteiger partial charge in [0.2, 0.25) is 0 Å². The lowest BCUT2D eigenvalue weighted by atomic mass is 9.85. The molecule has 0 fully saturated rings. The molecule has 2 aliphatic carbocycles. The maximum absolute atomic E-state index is 11.6. The Hall–Kier alpha value is -1.15. The lowest BCUT2D eigenvalue weighted by molar-refractivity contribution is 0.0995. The smallest absolute Gasteiger partial charge is 0.178 e. The minimum absolute atomic E-state index is 0.125. The van der Waals surface area contributed by atoms with Crippen molar-refractivity contribution in [2.24, 2.45) is 0 Å². The Kier molecular flexibility index (Phi) is 2.32. The van der Waals surface area contributed by atoms with Crippen LogP contribution in [0.5, 0.6) is 0 Å². The van der Waals surface area contributed by atoms with Crippen LogP contribution in [0.4, 0.5) is 0 Å². The molecule has 0 N–H and O–H groups in total. The van der Waals surface area contributed by atoms with E-state index in [-0.39, 0.29) is 11.5 Å². The summed E-state index contributed by atoms with van der Waals surface area (Å²) in [4.78, 5) is 11.6. The van der Waals surface area contributed by atoms with Gasteiger partial charge in [0.1, 0.15) is 0 Å². The molecule has 0 radical (unpaired) electrons. The molecule has 0 saturated carbocycles. The molecule has 1 aromatic rings. The monoisotopic (exact) mass is 216 g/mol. The fourth-order valence-electron chi connectivity index (χ4n) is 3.26. The van der Waals surface area contributed by atoms with E-state index >= 15 is 0 Å². The number of hydrogen-bond donors (Lipinski definition) is 0. The van der Waals surface area contributed by atoms with E-state index in [2.05, 4.69) is 0 Å². The summed E-state index contributed by atoms with van der Waals surface area (Å²) in [6, 6.07) is 5.48. The van der Waals surface area contributed by atoms with E-state index < -0.39 is 0 Å². The highest BCUT2D eigenvalue weighted by molar-refractivity contribution is 5.43. The molecule has 0 saturated heterocycles. The van der Waals surface area contributed by atoms with E-state index in [0.717, 1.165) is 12.8 Å². The standard InChI is InChI=1S/C14H16O2/c1-16-13-8-10-4-2-3-9-7-11(15)5-6-12(13)14(9)10/h5-7,10,13H,2-4,8H2,1H3/t10-,13+/m0/s1. The van der Waals surface area contributed by atoms with Crippen LogP contribution in [0.2, 0.25) is 0 Å². The van der Waals surface area contributed by atoms with Crippen LogP contribution < -0.4 is 5.43 Å². The summed E-state index contributed by atoms with van der Waals surface area (Å²) in [6.45, 7) is 0. The second-order valence-corrected chi connectivity index (χ2v) is 4.82. The molecule has 2 heteroatoms. The fourth-order valence-corrected chi connectivity index (χ4v) is 3.26. The summed E-state index contributed by atoms with van der Waals surface area (Å²) >= 11 is 0. The summed E-state index contributed by atoms with van der Waals surface area (Å²) in [7, 11) is 1.76. The number of methoxy groups -OCH3 is 1. The quantitative estimate of drug-likeness (QED) is 0.721. The van der Waals surface area contributed by atoms with Gasteiger partial charge in [0, 0.05) is 7.11 Å². The average Bonchev–Trinajstić information content (AvgIpc) is 2.55. The second kappa shape index (κ2) is 3.70. The van der Waals surface area contributed by atoms with Crippen molar-refractivity contribution in [3.05, 3.63) is 45.1 Å². The predicted octanol–water partition coefficient (Wildman–Crippen LogP) is 2.56. The Labute approximate surface area is 95.3 Å². The third kappa shape index (κ3) is 1.40. The van der Waals surface area contributed by atoms with Crippen LogP contribution in [-0.4, -0.2) is 7.11 Å². The lowest BCUT2D eigenvalue weighted by Gasteiger charge is -2.19. The number of hydrogen-bond acceptors (Lipinski definition) is 2. The minimum atomic E-state index is 0.125. The van der Waals surface area contributed by atoms with Crippen LogP contribution in [0.1, 0.15) is 48.0 Å². The number of ether oxygens (including phenoxy) is 1. The van der Waals surface area contributed by atoms with Crippen molar-refractivity contribution in [3.63, 3.8) is 0 Å². The molecule has 84 valence electrons. The highest BCUT2D eigenvalue weighted by Crippen LogP contribution is 2.47. The van der Waals surface area contributed by atoms with Gasteiger partial charge in [-0.15, -0.1) is 0 Å². The topological polar surface area (TPSA) is 26.3 Å². The van der Waals surface area contributed by atoms with Crippen LogP contribution in [-0.2, 0) is 11.2 Å². The van der Waals surface area contributed by atoms with Crippen molar-refractivity contribution in [1.82, 2.24) is 0 Å². The van der Waals surface area contributed by atoms with Gasteiger partial charge in [-0.25, -0.2) is 0 Å². The molecule has 16 heavy (non-hydrogen) atoms. The van der Waals surface area contributed by atoms with Crippen molar-refractivity contribution < 1.29 is 4.74 Å². The summed E-state index contributed by atoms with van der Waals surface area (Å²) < 4.78 is 5.53. The Bertz CT molecular complexity index is 479. The van der Waals surface area contributed by atoms with Crippen LogP contribution in [0.15, 0.2) is 23.0 Å². The summed E-state index contributed by atoms with van der Waals surface area (Å²) in [6.07, 6.45) is 4.80. The fraction of sp³-hybridized carbons (Fsp3) is 0.500. The van der Waals surface area contributed by atoms with Crippen molar-refractivity contribution >= 4 is 0 Å². The van der Waals surface area contributed by atoms with Gasteiger partial charge < -0.3 is 4.74 Å². The van der Waals surface area contributed by atoms with Gasteiger partial charge in [0.25, 0.3) is 0 Å². The largest absolute Gasteiger partial charge is 0.377 e. The first kappa shape index (κ1) is 10.0. The molecular weight excluding hydrogens is 200 g/mol. The van der Waals surface area contributed by atoms with Crippen LogP contribution in [0.3, 0.4) is 0 Å². The van der Waals surface area contributed by atoms with Crippen LogP contribution >= 0.6 is 0 Å². The van der Waals surface area contributed by atoms with E-state index in [1.165, 1.54) is 29.5 Å². The molecule has 0 aliphatic heterocycles. The van der Waals surface area contributed by atoms with Gasteiger partial charge in [0.15, 0.2) is 5.43 Å². The van der Waals surface area contributed by atoms with E-state index in [1.807, 2.05) is 12.1 Å². The molecule has 0 aromatic heterocycles. The van der Waals surface area contributed by atoms with Crippen molar-refractivity contribution in [3.8, 4) is 0 Å². The van der Waals surface area contributed by atoms with E-state index in [0.29, 0.717) is 5.92 Å². The first-order valence-corrected chi connectivity index (χ1v) is 5.99. The molecule has 0 bridgehead atoms. The van der Waals surface area contributed by atoms with Gasteiger partial charge in [0.05, 0.1) is 6.10 Å². The molecule has 0 heterocycles. The van der Waals surface area contributed by atoms with Crippen molar-refractivity contribution in [2.75, 3.05) is 7.11 Å². The maximum Gasteiger partial charge on any atom is 0.178 e. The molecule has 2 nitrogen and oxygen atoms in total. The zero-order chi connectivity index (χ0) is 11.1. The van der Waals surface area contributed by atoms with Crippen molar-refractivity contribution in [2.45, 2.75) is 37.7 Å². The molecule has 0 spiro atoms. The van der Waals surface area contributed by atoms with Gasteiger partial charge in [-0.1, -0.05) is 6.07 Å². The summed E-state index contributed by atoms with van der Waals surface area (Å²) in [5.41, 5.74) is 4.06. The highest BCUT2D eigenvalue weighted by atomic mass is 16.5. The average molecular weight is 216 g/mol. The highest BCUT2D eigenvalue weighted by Gasteiger charge is 2.34. The van der Waals surface area contributed by atoms with Crippen molar-refractivity contribution in [1.29, 1.82) is 0 Å². The van der Waals surface area contributed by atoms with E-state index in [4.69, 9.17) is 4.74 Å². The molecular formula is C14H16O2. The van der Waals surface area contributed by atoms with Gasteiger partial charge in [-0.2, -0.15) is 0 Å². The van der Waals surface area contributed by atoms with Crippen LogP contribution in [0, 0.1) is 0 Å². The first-order valence-electron chi connectivity index (χ1n) is 5.99. The molecule has 0 amide bonds. The number of rotatable bonds is 1. The predicted molar refractivity (Wildman–Crippen MR) is 62.8 cm³/mol. The van der Waals surface area contributed by atoms with Crippen LogP contribution in [0.25, 0.3) is 0 Å². The molecule has 2 aliphatic rings. The Balaban J connectivity index is 2.26. The maximum atomic E-state index is 11.6. The third-order valence-corrected chi connectivity index (χ3v) is 3.94.